The summed E-state index contributed by atoms with van der Waals surface area (Å²) in [6.07, 6.45) is 0. The van der Waals surface area contributed by atoms with E-state index in [0.29, 0.717) is 0 Å². The van der Waals surface area contributed by atoms with Gasteiger partial charge in [0.05, 0.1) is 0 Å². The third kappa shape index (κ3) is 4.61. The van der Waals surface area contributed by atoms with Crippen LogP contribution in [-0.4, -0.2) is 55.6 Å². The second-order valence-corrected chi connectivity index (χ2v) is 6.14. The number of carbonyl (C=O) groups is 2. The van der Waals surface area contributed by atoms with E-state index in [-0.39, 0.29) is 0 Å². The first-order chi connectivity index (χ1) is 11.4. The van der Waals surface area contributed by atoms with Crippen LogP contribution in [0.2, 0.25) is 0 Å². The summed E-state index contributed by atoms with van der Waals surface area (Å²) in [5.41, 5.74) is 8.10. The summed E-state index contributed by atoms with van der Waals surface area (Å²) < 4.78 is 0. The quantitative estimate of drug-likeness (QED) is 0.751. The molecule has 7 heteroatoms. The van der Waals surface area contributed by atoms with Crippen LogP contribution in [0.15, 0.2) is 18.2 Å². The number of primary amides is 1. The van der Waals surface area contributed by atoms with Gasteiger partial charge in [0, 0.05) is 37.6 Å². The highest BCUT2D eigenvalue weighted by Crippen LogP contribution is 2.24. The number of piperazine rings is 1. The average Bonchev–Trinajstić information content (AvgIpc) is 2.56. The molecule has 0 spiro atoms. The second-order valence-electron chi connectivity index (χ2n) is 6.14. The van der Waals surface area contributed by atoms with E-state index in [1.165, 1.54) is 5.69 Å². The summed E-state index contributed by atoms with van der Waals surface area (Å²) in [5.74, 6) is -0.443. The van der Waals surface area contributed by atoms with E-state index in [2.05, 4.69) is 39.5 Å². The first-order valence-electron chi connectivity index (χ1n) is 8.35. The minimum absolute atomic E-state index is 0.443. The van der Waals surface area contributed by atoms with Crippen molar-refractivity contribution >= 4 is 23.3 Å². The van der Waals surface area contributed by atoms with Crippen LogP contribution in [0.5, 0.6) is 0 Å². The van der Waals surface area contributed by atoms with Crippen LogP contribution in [0.4, 0.5) is 16.2 Å². The van der Waals surface area contributed by atoms with Gasteiger partial charge in [-0.1, -0.05) is 6.92 Å². The van der Waals surface area contributed by atoms with Gasteiger partial charge in [-0.2, -0.15) is 0 Å². The molecule has 3 amide bonds. The van der Waals surface area contributed by atoms with Gasteiger partial charge in [0.25, 0.3) is 0 Å². The Morgan fingerprint density at radius 1 is 1.25 bits per heavy atom. The normalized spacial score (nSPS) is 16.5. The highest BCUT2D eigenvalue weighted by Gasteiger charge is 2.18. The van der Waals surface area contributed by atoms with Crippen LogP contribution < -0.4 is 21.3 Å². The Hall–Kier alpha value is -2.28. The van der Waals surface area contributed by atoms with Crippen molar-refractivity contribution in [2.75, 3.05) is 42.9 Å². The summed E-state index contributed by atoms with van der Waals surface area (Å²) in [7, 11) is 0. The second kappa shape index (κ2) is 8.01. The first kappa shape index (κ1) is 18.1. The van der Waals surface area contributed by atoms with Gasteiger partial charge < -0.3 is 20.9 Å². The third-order valence-corrected chi connectivity index (χ3v) is 4.41. The molecule has 1 heterocycles. The van der Waals surface area contributed by atoms with E-state index in [4.69, 9.17) is 5.73 Å². The maximum atomic E-state index is 11.8. The molecule has 24 heavy (non-hydrogen) atoms. The van der Waals surface area contributed by atoms with Crippen LogP contribution in [0, 0.1) is 6.92 Å². The standard InChI is InChI=1S/C17H27N5O2/c1-4-21-7-9-22(10-8-21)14-5-6-15(12(2)11-14)19-13(3)16(23)20-17(18)24/h5-6,11,13,19H,4,7-10H2,1-3H3,(H3,18,20,23,24)/t13-/m1/s1. The fourth-order valence-corrected chi connectivity index (χ4v) is 2.86. The Balaban J connectivity index is 1.99. The van der Waals surface area contributed by atoms with Crippen LogP contribution in [-0.2, 0) is 4.79 Å². The van der Waals surface area contributed by atoms with Gasteiger partial charge in [-0.25, -0.2) is 4.79 Å². The SMILES string of the molecule is CCN1CCN(c2ccc(N[C@H](C)C(=O)NC(N)=O)c(C)c2)CC1. The minimum atomic E-state index is -0.841. The molecule has 1 aliphatic heterocycles. The van der Waals surface area contributed by atoms with Crippen molar-refractivity contribution in [3.8, 4) is 0 Å². The summed E-state index contributed by atoms with van der Waals surface area (Å²) in [4.78, 5) is 27.3. The lowest BCUT2D eigenvalue weighted by atomic mass is 10.1. The topological polar surface area (TPSA) is 90.7 Å². The summed E-state index contributed by atoms with van der Waals surface area (Å²) in [6, 6.07) is 4.78. The van der Waals surface area contributed by atoms with Crippen molar-refractivity contribution in [2.45, 2.75) is 26.8 Å². The molecule has 1 fully saturated rings. The molecule has 0 radical (unpaired) electrons. The third-order valence-electron chi connectivity index (χ3n) is 4.41. The Labute approximate surface area is 143 Å². The minimum Gasteiger partial charge on any atom is -0.374 e. The largest absolute Gasteiger partial charge is 0.374 e. The van der Waals surface area contributed by atoms with Crippen molar-refractivity contribution in [1.82, 2.24) is 10.2 Å². The lowest BCUT2D eigenvalue weighted by molar-refractivity contribution is -0.120. The number of benzene rings is 1. The van der Waals surface area contributed by atoms with Crippen molar-refractivity contribution in [1.29, 1.82) is 0 Å². The number of likely N-dealkylation sites (N-methyl/N-ethyl adjacent to an activating group) is 1. The fraction of sp³-hybridized carbons (Fsp3) is 0.529. The Morgan fingerprint density at radius 3 is 2.46 bits per heavy atom. The van der Waals surface area contributed by atoms with E-state index in [9.17, 15) is 9.59 Å². The predicted octanol–water partition coefficient (Wildman–Crippen LogP) is 1.13. The van der Waals surface area contributed by atoms with Crippen molar-refractivity contribution < 1.29 is 9.59 Å². The van der Waals surface area contributed by atoms with E-state index in [1.807, 2.05) is 13.0 Å². The molecule has 1 saturated heterocycles. The van der Waals surface area contributed by atoms with Gasteiger partial charge in [0.15, 0.2) is 0 Å². The molecule has 0 aliphatic carbocycles. The van der Waals surface area contributed by atoms with Crippen molar-refractivity contribution in [2.24, 2.45) is 5.73 Å². The first-order valence-corrected chi connectivity index (χ1v) is 8.35. The summed E-state index contributed by atoms with van der Waals surface area (Å²) in [5, 5.41) is 5.19. The van der Waals surface area contributed by atoms with Crippen molar-refractivity contribution in [3.05, 3.63) is 23.8 Å². The van der Waals surface area contributed by atoms with Gasteiger partial charge in [0.2, 0.25) is 5.91 Å². The molecule has 0 saturated carbocycles. The zero-order valence-corrected chi connectivity index (χ0v) is 14.6. The number of nitrogens with one attached hydrogen (secondary N) is 2. The summed E-state index contributed by atoms with van der Waals surface area (Å²) >= 11 is 0. The molecule has 7 nitrogen and oxygen atoms in total. The van der Waals surface area contributed by atoms with E-state index < -0.39 is 18.0 Å². The molecule has 0 unspecified atom stereocenters. The zero-order valence-electron chi connectivity index (χ0n) is 14.6. The van der Waals surface area contributed by atoms with Gasteiger partial charge >= 0.3 is 6.03 Å². The van der Waals surface area contributed by atoms with Gasteiger partial charge in [0.1, 0.15) is 6.04 Å². The highest BCUT2D eigenvalue weighted by molar-refractivity contribution is 5.97. The van der Waals surface area contributed by atoms with Crippen molar-refractivity contribution in [3.63, 3.8) is 0 Å². The maximum absolute atomic E-state index is 11.8. The molecule has 132 valence electrons. The number of amides is 3. The number of nitrogens with two attached hydrogens (primary N) is 1. The smallest absolute Gasteiger partial charge is 0.318 e. The Bertz CT molecular complexity index is 597. The van der Waals surface area contributed by atoms with E-state index in [0.717, 1.165) is 44.0 Å². The fourth-order valence-electron chi connectivity index (χ4n) is 2.86. The van der Waals surface area contributed by atoms with Gasteiger partial charge in [-0.05, 0) is 44.2 Å². The maximum Gasteiger partial charge on any atom is 0.318 e. The molecule has 4 N–H and O–H groups in total. The van der Waals surface area contributed by atoms with E-state index >= 15 is 0 Å². The number of hydrogen-bond acceptors (Lipinski definition) is 5. The van der Waals surface area contributed by atoms with Crippen LogP contribution in [0.1, 0.15) is 19.4 Å². The molecule has 1 aliphatic rings. The molecule has 0 bridgehead atoms. The van der Waals surface area contributed by atoms with Gasteiger partial charge in [-0.3, -0.25) is 10.1 Å². The monoisotopic (exact) mass is 333 g/mol. The highest BCUT2D eigenvalue weighted by atomic mass is 16.2. The molecule has 1 aromatic rings. The number of rotatable bonds is 5. The number of hydrogen-bond donors (Lipinski definition) is 3. The lowest BCUT2D eigenvalue weighted by Gasteiger charge is -2.35. The Morgan fingerprint density at radius 2 is 1.92 bits per heavy atom. The lowest BCUT2D eigenvalue weighted by Crippen LogP contribution is -2.46. The number of carbonyl (C=O) groups excluding carboxylic acids is 2. The average molecular weight is 333 g/mol. The molecule has 1 aromatic carbocycles. The molecule has 0 aromatic heterocycles. The Kier molecular flexibility index (Phi) is 6.03. The number of anilines is 2. The summed E-state index contributed by atoms with van der Waals surface area (Å²) in [6.45, 7) is 11.2. The zero-order chi connectivity index (χ0) is 17.7. The molecular formula is C17H27N5O2. The number of imide groups is 1. The van der Waals surface area contributed by atoms with E-state index in [1.54, 1.807) is 6.92 Å². The van der Waals surface area contributed by atoms with Crippen LogP contribution in [0.3, 0.4) is 0 Å². The number of aryl methyl sites for hydroxylation is 1. The predicted molar refractivity (Wildman–Crippen MR) is 96.3 cm³/mol. The van der Waals surface area contributed by atoms with Crippen LogP contribution in [0.25, 0.3) is 0 Å². The van der Waals surface area contributed by atoms with Crippen LogP contribution >= 0.6 is 0 Å². The molecule has 2 rings (SSSR count). The number of urea groups is 1. The number of nitrogens with zero attached hydrogens (tertiary/aromatic N) is 2. The molecule has 1 atom stereocenters. The molecular weight excluding hydrogens is 306 g/mol. The van der Waals surface area contributed by atoms with Gasteiger partial charge in [-0.15, -0.1) is 0 Å².